The summed E-state index contributed by atoms with van der Waals surface area (Å²) < 4.78 is 13.0. The van der Waals surface area contributed by atoms with Gasteiger partial charge in [-0.2, -0.15) is 0 Å². The first kappa shape index (κ1) is 15.9. The van der Waals surface area contributed by atoms with E-state index < -0.39 is 0 Å². The van der Waals surface area contributed by atoms with E-state index in [9.17, 15) is 18.8 Å². The zero-order valence-electron chi connectivity index (χ0n) is 12.3. The quantitative estimate of drug-likeness (QED) is 0.801. The maximum absolute atomic E-state index is 13.0. The Balaban J connectivity index is 1.70. The topological polar surface area (TPSA) is 69.7 Å². The Morgan fingerprint density at radius 1 is 1.36 bits per heavy atom. The molecule has 6 nitrogen and oxygen atoms in total. The van der Waals surface area contributed by atoms with Crippen LogP contribution < -0.4 is 5.32 Å². The first-order valence-electron chi connectivity index (χ1n) is 7.04. The molecule has 4 amide bonds. The number of carbonyl (C=O) groups is 3. The molecule has 0 aliphatic carbocycles. The number of halogens is 1. The van der Waals surface area contributed by atoms with Crippen molar-refractivity contribution in [2.45, 2.75) is 19.4 Å². The van der Waals surface area contributed by atoms with Crippen molar-refractivity contribution in [3.63, 3.8) is 0 Å². The number of amides is 4. The molecule has 1 heterocycles. The fraction of sp³-hybridized carbons (Fsp3) is 0.400. The van der Waals surface area contributed by atoms with E-state index in [2.05, 4.69) is 5.32 Å². The molecule has 1 N–H and O–H groups in total. The van der Waals surface area contributed by atoms with Gasteiger partial charge in [-0.25, -0.2) is 9.18 Å². The second-order valence-corrected chi connectivity index (χ2v) is 5.19. The van der Waals surface area contributed by atoms with Crippen LogP contribution in [0.25, 0.3) is 0 Å². The number of rotatable bonds is 6. The minimum atomic E-state index is -0.345. The van der Waals surface area contributed by atoms with Gasteiger partial charge in [0.05, 0.1) is 0 Å². The predicted octanol–water partition coefficient (Wildman–Crippen LogP) is 1.12. The number of hydrogen-bond donors (Lipinski definition) is 1. The summed E-state index contributed by atoms with van der Waals surface area (Å²) in [5, 5.41) is 2.68. The fourth-order valence-corrected chi connectivity index (χ4v) is 2.22. The molecule has 2 rings (SSSR count). The molecule has 0 saturated carbocycles. The molecular weight excluding hydrogens is 289 g/mol. The highest BCUT2D eigenvalue weighted by Crippen LogP contribution is 2.09. The van der Waals surface area contributed by atoms with Gasteiger partial charge in [0.15, 0.2) is 0 Å². The lowest BCUT2D eigenvalue weighted by molar-refractivity contribution is -0.126. The van der Waals surface area contributed by atoms with E-state index in [4.69, 9.17) is 0 Å². The summed E-state index contributed by atoms with van der Waals surface area (Å²) in [7, 11) is 1.56. The highest BCUT2D eigenvalue weighted by atomic mass is 19.1. The van der Waals surface area contributed by atoms with E-state index in [-0.39, 0.29) is 49.7 Å². The van der Waals surface area contributed by atoms with Gasteiger partial charge in [-0.05, 0) is 24.1 Å². The Bertz CT molecular complexity index is 591. The molecule has 0 unspecified atom stereocenters. The third kappa shape index (κ3) is 4.03. The number of benzene rings is 1. The number of carbonyl (C=O) groups excluding carboxylic acids is 3. The van der Waals surface area contributed by atoms with Gasteiger partial charge in [0.2, 0.25) is 11.8 Å². The molecule has 0 aromatic heterocycles. The third-order valence-corrected chi connectivity index (χ3v) is 3.40. The molecule has 1 aromatic carbocycles. The van der Waals surface area contributed by atoms with Gasteiger partial charge >= 0.3 is 6.03 Å². The minimum absolute atomic E-state index is 0.0879. The van der Waals surface area contributed by atoms with Crippen molar-refractivity contribution in [1.29, 1.82) is 0 Å². The molecule has 0 atom stereocenters. The average molecular weight is 307 g/mol. The number of nitrogens with zero attached hydrogens (tertiary/aromatic N) is 2. The summed E-state index contributed by atoms with van der Waals surface area (Å²) in [4.78, 5) is 37.4. The highest BCUT2D eigenvalue weighted by molar-refractivity contribution is 6.01. The van der Waals surface area contributed by atoms with Gasteiger partial charge in [-0.3, -0.25) is 14.5 Å². The van der Waals surface area contributed by atoms with Crippen molar-refractivity contribution in [1.82, 2.24) is 15.1 Å². The van der Waals surface area contributed by atoms with Crippen LogP contribution in [0.3, 0.4) is 0 Å². The van der Waals surface area contributed by atoms with Gasteiger partial charge in [0.25, 0.3) is 0 Å². The van der Waals surface area contributed by atoms with Crippen molar-refractivity contribution >= 4 is 17.8 Å². The van der Waals surface area contributed by atoms with Crippen molar-refractivity contribution in [2.24, 2.45) is 0 Å². The van der Waals surface area contributed by atoms with Crippen molar-refractivity contribution in [3.8, 4) is 0 Å². The smallest absolute Gasteiger partial charge is 0.326 e. The van der Waals surface area contributed by atoms with Gasteiger partial charge in [-0.1, -0.05) is 12.1 Å². The molecule has 1 fully saturated rings. The Morgan fingerprint density at radius 3 is 2.77 bits per heavy atom. The Hall–Kier alpha value is -2.44. The molecule has 1 aliphatic heterocycles. The van der Waals surface area contributed by atoms with Crippen LogP contribution in [0.15, 0.2) is 24.3 Å². The normalized spacial score (nSPS) is 14.6. The number of urea groups is 1. The van der Waals surface area contributed by atoms with Crippen molar-refractivity contribution in [2.75, 3.05) is 20.1 Å². The van der Waals surface area contributed by atoms with E-state index in [0.717, 1.165) is 4.90 Å². The summed E-state index contributed by atoms with van der Waals surface area (Å²) >= 11 is 0. The van der Waals surface area contributed by atoms with Crippen LogP contribution in [0.2, 0.25) is 0 Å². The SMILES string of the molecule is CN1CC(=O)N(CCCC(=O)NCc2cccc(F)c2)C1=O. The minimum Gasteiger partial charge on any atom is -0.352 e. The molecular formula is C15H18FN3O3. The zero-order valence-corrected chi connectivity index (χ0v) is 12.3. The Labute approximate surface area is 127 Å². The summed E-state index contributed by atoms with van der Waals surface area (Å²) in [6.07, 6.45) is 0.608. The molecule has 118 valence electrons. The van der Waals surface area contributed by atoms with Crippen LogP contribution in [-0.4, -0.2) is 47.8 Å². The Morgan fingerprint density at radius 2 is 2.14 bits per heavy atom. The molecule has 7 heteroatoms. The molecule has 1 aromatic rings. The molecule has 0 spiro atoms. The van der Waals surface area contributed by atoms with E-state index in [1.165, 1.54) is 17.0 Å². The average Bonchev–Trinajstić information content (AvgIpc) is 2.71. The molecule has 1 aliphatic rings. The van der Waals surface area contributed by atoms with E-state index in [0.29, 0.717) is 12.0 Å². The fourth-order valence-electron chi connectivity index (χ4n) is 2.22. The second kappa shape index (κ2) is 7.02. The molecule has 0 bridgehead atoms. The van der Waals surface area contributed by atoms with Crippen LogP contribution in [0.4, 0.5) is 9.18 Å². The second-order valence-electron chi connectivity index (χ2n) is 5.19. The first-order valence-corrected chi connectivity index (χ1v) is 7.04. The lowest BCUT2D eigenvalue weighted by atomic mass is 10.2. The summed E-state index contributed by atoms with van der Waals surface area (Å²) in [6.45, 7) is 0.570. The maximum atomic E-state index is 13.0. The lowest BCUT2D eigenvalue weighted by Gasteiger charge is -2.13. The van der Waals surface area contributed by atoms with E-state index in [1.807, 2.05) is 0 Å². The summed E-state index contributed by atoms with van der Waals surface area (Å²) in [5.74, 6) is -0.786. The van der Waals surface area contributed by atoms with Gasteiger partial charge in [-0.15, -0.1) is 0 Å². The molecule has 1 saturated heterocycles. The molecule has 22 heavy (non-hydrogen) atoms. The Kier molecular flexibility index (Phi) is 5.08. The lowest BCUT2D eigenvalue weighted by Crippen LogP contribution is -2.33. The number of hydrogen-bond acceptors (Lipinski definition) is 3. The van der Waals surface area contributed by atoms with Crippen molar-refractivity contribution in [3.05, 3.63) is 35.6 Å². The van der Waals surface area contributed by atoms with Crippen LogP contribution in [0, 0.1) is 5.82 Å². The first-order chi connectivity index (χ1) is 10.5. The van der Waals surface area contributed by atoms with Gasteiger partial charge in [0, 0.05) is 26.6 Å². The largest absolute Gasteiger partial charge is 0.352 e. The standard InChI is InChI=1S/C15H18FN3O3/c1-18-10-14(21)19(15(18)22)7-3-6-13(20)17-9-11-4-2-5-12(16)8-11/h2,4-5,8H,3,6-7,9-10H2,1H3,(H,17,20). The van der Waals surface area contributed by atoms with E-state index >= 15 is 0 Å². The van der Waals surface area contributed by atoms with Crippen LogP contribution in [0.1, 0.15) is 18.4 Å². The van der Waals surface area contributed by atoms with Gasteiger partial charge in [0.1, 0.15) is 12.4 Å². The van der Waals surface area contributed by atoms with Crippen LogP contribution in [0.5, 0.6) is 0 Å². The number of imide groups is 1. The van der Waals surface area contributed by atoms with Crippen LogP contribution >= 0.6 is 0 Å². The summed E-state index contributed by atoms with van der Waals surface area (Å²) in [6, 6.07) is 5.67. The van der Waals surface area contributed by atoms with Gasteiger partial charge < -0.3 is 10.2 Å². The number of nitrogens with one attached hydrogen (secondary N) is 1. The zero-order chi connectivity index (χ0) is 16.1. The van der Waals surface area contributed by atoms with Crippen LogP contribution in [-0.2, 0) is 16.1 Å². The predicted molar refractivity (Wildman–Crippen MR) is 77.2 cm³/mol. The highest BCUT2D eigenvalue weighted by Gasteiger charge is 2.32. The van der Waals surface area contributed by atoms with Crippen molar-refractivity contribution < 1.29 is 18.8 Å². The summed E-state index contributed by atoms with van der Waals surface area (Å²) in [5.41, 5.74) is 0.680. The van der Waals surface area contributed by atoms with E-state index in [1.54, 1.807) is 19.2 Å². The maximum Gasteiger partial charge on any atom is 0.326 e. The monoisotopic (exact) mass is 307 g/mol. The molecule has 0 radical (unpaired) electrons. The number of likely N-dealkylation sites (N-methyl/N-ethyl adjacent to an activating group) is 1. The third-order valence-electron chi connectivity index (χ3n) is 3.40.